The third-order valence-electron chi connectivity index (χ3n) is 3.33. The van der Waals surface area contributed by atoms with E-state index in [9.17, 15) is 0 Å². The van der Waals surface area contributed by atoms with E-state index < -0.39 is 0 Å². The Bertz CT molecular complexity index is 471. The van der Waals surface area contributed by atoms with Gasteiger partial charge in [0.05, 0.1) is 0 Å². The second-order valence-corrected chi connectivity index (χ2v) is 5.12. The maximum absolute atomic E-state index is 6.25. The van der Waals surface area contributed by atoms with Crippen molar-refractivity contribution in [3.8, 4) is 0 Å². The van der Waals surface area contributed by atoms with E-state index in [4.69, 9.17) is 5.73 Å². The van der Waals surface area contributed by atoms with E-state index in [-0.39, 0.29) is 6.04 Å². The van der Waals surface area contributed by atoms with E-state index in [0.29, 0.717) is 5.92 Å². The molecule has 2 aromatic rings. The molecule has 18 heavy (non-hydrogen) atoms. The van der Waals surface area contributed by atoms with Crippen LogP contribution in [0.4, 0.5) is 0 Å². The summed E-state index contributed by atoms with van der Waals surface area (Å²) in [5.41, 5.74) is 10.1. The molecule has 0 aliphatic rings. The van der Waals surface area contributed by atoms with Crippen molar-refractivity contribution in [3.63, 3.8) is 0 Å². The van der Waals surface area contributed by atoms with Gasteiger partial charge in [0.1, 0.15) is 0 Å². The molecule has 94 valence electrons. The Labute approximate surface area is 110 Å². The maximum Gasteiger partial charge on any atom is 0.0335 e. The molecule has 1 atom stereocenters. The monoisotopic (exact) mass is 239 g/mol. The van der Waals surface area contributed by atoms with Crippen molar-refractivity contribution < 1.29 is 0 Å². The minimum absolute atomic E-state index is 0.0774. The third-order valence-corrected chi connectivity index (χ3v) is 3.33. The van der Waals surface area contributed by atoms with Crippen LogP contribution in [0.25, 0.3) is 0 Å². The standard InChI is InChI=1S/C17H21N/c1-13(2)15-8-10-16(11-9-15)17(18)12-14-6-4-3-5-7-14/h3-11,13,17H,12,18H2,1-2H3. The highest BCUT2D eigenvalue weighted by atomic mass is 14.6. The van der Waals surface area contributed by atoms with Crippen LogP contribution in [0.2, 0.25) is 0 Å². The summed E-state index contributed by atoms with van der Waals surface area (Å²) in [6.07, 6.45) is 0.891. The van der Waals surface area contributed by atoms with Gasteiger partial charge in [0, 0.05) is 6.04 Å². The van der Waals surface area contributed by atoms with E-state index in [0.717, 1.165) is 6.42 Å². The van der Waals surface area contributed by atoms with Gasteiger partial charge in [-0.25, -0.2) is 0 Å². The fourth-order valence-corrected chi connectivity index (χ4v) is 2.11. The summed E-state index contributed by atoms with van der Waals surface area (Å²) >= 11 is 0. The van der Waals surface area contributed by atoms with Gasteiger partial charge in [-0.15, -0.1) is 0 Å². The lowest BCUT2D eigenvalue weighted by molar-refractivity contribution is 0.720. The highest BCUT2D eigenvalue weighted by Gasteiger charge is 2.07. The Morgan fingerprint density at radius 2 is 1.39 bits per heavy atom. The molecule has 2 N–H and O–H groups in total. The molecular formula is C17H21N. The normalized spacial score (nSPS) is 12.7. The van der Waals surface area contributed by atoms with E-state index in [1.54, 1.807) is 0 Å². The summed E-state index contributed by atoms with van der Waals surface area (Å²) < 4.78 is 0. The average molecular weight is 239 g/mol. The van der Waals surface area contributed by atoms with Crippen LogP contribution >= 0.6 is 0 Å². The lowest BCUT2D eigenvalue weighted by Crippen LogP contribution is -2.13. The summed E-state index contributed by atoms with van der Waals surface area (Å²) in [6.45, 7) is 4.41. The first-order chi connectivity index (χ1) is 8.66. The Morgan fingerprint density at radius 1 is 0.833 bits per heavy atom. The van der Waals surface area contributed by atoms with Crippen molar-refractivity contribution >= 4 is 0 Å². The van der Waals surface area contributed by atoms with Crippen LogP contribution < -0.4 is 5.73 Å². The van der Waals surface area contributed by atoms with Crippen molar-refractivity contribution in [2.45, 2.75) is 32.2 Å². The second kappa shape index (κ2) is 5.83. The summed E-state index contributed by atoms with van der Waals surface area (Å²) in [4.78, 5) is 0. The molecule has 0 aliphatic carbocycles. The lowest BCUT2D eigenvalue weighted by atomic mass is 9.96. The summed E-state index contributed by atoms with van der Waals surface area (Å²) in [5.74, 6) is 0.574. The zero-order valence-electron chi connectivity index (χ0n) is 11.1. The first-order valence-electron chi connectivity index (χ1n) is 6.56. The lowest BCUT2D eigenvalue weighted by Gasteiger charge is -2.13. The van der Waals surface area contributed by atoms with Gasteiger partial charge in [0.25, 0.3) is 0 Å². The van der Waals surface area contributed by atoms with Crippen molar-refractivity contribution in [2.24, 2.45) is 5.73 Å². The number of benzene rings is 2. The molecule has 0 aromatic heterocycles. The van der Waals surface area contributed by atoms with Crippen LogP contribution in [0.5, 0.6) is 0 Å². The molecule has 1 heteroatoms. The number of nitrogens with two attached hydrogens (primary N) is 1. The average Bonchev–Trinajstić information content (AvgIpc) is 2.40. The molecule has 0 saturated heterocycles. The zero-order chi connectivity index (χ0) is 13.0. The molecule has 0 heterocycles. The predicted molar refractivity (Wildman–Crippen MR) is 77.6 cm³/mol. The Balaban J connectivity index is 2.07. The maximum atomic E-state index is 6.25. The van der Waals surface area contributed by atoms with Gasteiger partial charge in [0.15, 0.2) is 0 Å². The van der Waals surface area contributed by atoms with Gasteiger partial charge in [-0.05, 0) is 29.0 Å². The third kappa shape index (κ3) is 3.21. The van der Waals surface area contributed by atoms with E-state index in [1.807, 2.05) is 6.07 Å². The zero-order valence-corrected chi connectivity index (χ0v) is 11.1. The molecule has 2 rings (SSSR count). The van der Waals surface area contributed by atoms with Gasteiger partial charge in [-0.1, -0.05) is 68.4 Å². The first-order valence-corrected chi connectivity index (χ1v) is 6.56. The molecule has 0 fully saturated rings. The SMILES string of the molecule is CC(C)c1ccc(C(N)Cc2ccccc2)cc1. The van der Waals surface area contributed by atoms with Gasteiger partial charge in [0.2, 0.25) is 0 Å². The highest BCUT2D eigenvalue weighted by Crippen LogP contribution is 2.20. The quantitative estimate of drug-likeness (QED) is 0.855. The Hall–Kier alpha value is -1.60. The number of hydrogen-bond donors (Lipinski definition) is 1. The number of hydrogen-bond acceptors (Lipinski definition) is 1. The van der Waals surface area contributed by atoms with Gasteiger partial charge < -0.3 is 5.73 Å². The van der Waals surface area contributed by atoms with Crippen LogP contribution in [-0.2, 0) is 6.42 Å². The van der Waals surface area contributed by atoms with Gasteiger partial charge in [-0.2, -0.15) is 0 Å². The molecule has 0 amide bonds. The van der Waals surface area contributed by atoms with Crippen molar-refractivity contribution in [2.75, 3.05) is 0 Å². The second-order valence-electron chi connectivity index (χ2n) is 5.12. The van der Waals surface area contributed by atoms with Crippen molar-refractivity contribution in [1.82, 2.24) is 0 Å². The first kappa shape index (κ1) is 12.8. The molecule has 0 aliphatic heterocycles. The molecule has 0 radical (unpaired) electrons. The fourth-order valence-electron chi connectivity index (χ4n) is 2.11. The summed E-state index contributed by atoms with van der Waals surface area (Å²) in [5, 5.41) is 0. The minimum Gasteiger partial charge on any atom is -0.324 e. The molecule has 0 bridgehead atoms. The largest absolute Gasteiger partial charge is 0.324 e. The van der Waals surface area contributed by atoms with Crippen molar-refractivity contribution in [1.29, 1.82) is 0 Å². The van der Waals surface area contributed by atoms with E-state index in [2.05, 4.69) is 62.4 Å². The molecule has 0 saturated carbocycles. The van der Waals surface area contributed by atoms with Crippen LogP contribution in [0.3, 0.4) is 0 Å². The van der Waals surface area contributed by atoms with Gasteiger partial charge >= 0.3 is 0 Å². The molecule has 1 nitrogen and oxygen atoms in total. The molecule has 0 spiro atoms. The minimum atomic E-state index is 0.0774. The topological polar surface area (TPSA) is 26.0 Å². The summed E-state index contributed by atoms with van der Waals surface area (Å²) in [7, 11) is 0. The van der Waals surface area contributed by atoms with Crippen LogP contribution in [0.1, 0.15) is 42.5 Å². The number of rotatable bonds is 4. The van der Waals surface area contributed by atoms with Crippen LogP contribution in [0, 0.1) is 0 Å². The van der Waals surface area contributed by atoms with Crippen LogP contribution in [-0.4, -0.2) is 0 Å². The summed E-state index contributed by atoms with van der Waals surface area (Å²) in [6, 6.07) is 19.2. The Kier molecular flexibility index (Phi) is 4.16. The highest BCUT2D eigenvalue weighted by molar-refractivity contribution is 5.28. The molecule has 1 unspecified atom stereocenters. The molecule has 2 aromatic carbocycles. The fraction of sp³-hybridized carbons (Fsp3) is 0.294. The van der Waals surface area contributed by atoms with E-state index >= 15 is 0 Å². The van der Waals surface area contributed by atoms with E-state index in [1.165, 1.54) is 16.7 Å². The van der Waals surface area contributed by atoms with Crippen molar-refractivity contribution in [3.05, 3.63) is 71.3 Å². The Morgan fingerprint density at radius 3 is 1.94 bits per heavy atom. The van der Waals surface area contributed by atoms with Crippen LogP contribution in [0.15, 0.2) is 54.6 Å². The predicted octanol–water partition coefficient (Wildman–Crippen LogP) is 4.05. The smallest absolute Gasteiger partial charge is 0.0335 e. The van der Waals surface area contributed by atoms with Gasteiger partial charge in [-0.3, -0.25) is 0 Å². The molecular weight excluding hydrogens is 218 g/mol.